The minimum atomic E-state index is -0.0220. The van der Waals surface area contributed by atoms with Crippen molar-refractivity contribution in [3.05, 3.63) is 28.8 Å². The van der Waals surface area contributed by atoms with E-state index >= 15 is 0 Å². The summed E-state index contributed by atoms with van der Waals surface area (Å²) in [6.45, 7) is 5.12. The van der Waals surface area contributed by atoms with Crippen molar-refractivity contribution < 1.29 is 4.79 Å². The monoisotopic (exact) mass is 280 g/mol. The summed E-state index contributed by atoms with van der Waals surface area (Å²) in [7, 11) is 0. The van der Waals surface area contributed by atoms with E-state index in [0.717, 1.165) is 25.8 Å². The smallest absolute Gasteiger partial charge is 0.257 e. The summed E-state index contributed by atoms with van der Waals surface area (Å²) in [6, 6.07) is 5.59. The SMILES string of the molecule is CC(C)CCN(C(=O)c1c(N)cccc1Cl)C1CC1. The topological polar surface area (TPSA) is 46.3 Å². The molecule has 1 aromatic rings. The molecule has 0 aromatic heterocycles. The Bertz CT molecular complexity index is 449. The molecule has 3 nitrogen and oxygen atoms in total. The van der Waals surface area contributed by atoms with Crippen LogP contribution in [0.3, 0.4) is 0 Å². The van der Waals surface area contributed by atoms with Gasteiger partial charge in [0.15, 0.2) is 0 Å². The van der Waals surface area contributed by atoms with E-state index in [4.69, 9.17) is 17.3 Å². The average Bonchev–Trinajstić information content (AvgIpc) is 3.13. The van der Waals surface area contributed by atoms with Crippen LogP contribution in [0.5, 0.6) is 0 Å². The van der Waals surface area contributed by atoms with E-state index in [9.17, 15) is 4.79 Å². The van der Waals surface area contributed by atoms with Gasteiger partial charge in [0, 0.05) is 18.3 Å². The van der Waals surface area contributed by atoms with Gasteiger partial charge in [-0.25, -0.2) is 0 Å². The number of halogens is 1. The van der Waals surface area contributed by atoms with Crippen LogP contribution in [0.2, 0.25) is 5.02 Å². The lowest BCUT2D eigenvalue weighted by Gasteiger charge is -2.24. The highest BCUT2D eigenvalue weighted by molar-refractivity contribution is 6.34. The summed E-state index contributed by atoms with van der Waals surface area (Å²) in [6.07, 6.45) is 3.19. The predicted molar refractivity (Wildman–Crippen MR) is 79.4 cm³/mol. The number of anilines is 1. The minimum Gasteiger partial charge on any atom is -0.398 e. The zero-order chi connectivity index (χ0) is 14.0. The molecule has 1 amide bonds. The molecule has 1 saturated carbocycles. The quantitative estimate of drug-likeness (QED) is 0.838. The summed E-state index contributed by atoms with van der Waals surface area (Å²) in [5.74, 6) is 0.559. The second-order valence-corrected chi connectivity index (χ2v) is 6.02. The highest BCUT2D eigenvalue weighted by Crippen LogP contribution is 2.32. The number of carbonyl (C=O) groups excluding carboxylic acids is 1. The number of nitrogens with zero attached hydrogens (tertiary/aromatic N) is 1. The number of rotatable bonds is 5. The molecule has 19 heavy (non-hydrogen) atoms. The number of nitrogen functional groups attached to an aromatic ring is 1. The molecule has 4 heteroatoms. The molecule has 0 spiro atoms. The first-order valence-electron chi connectivity index (χ1n) is 6.85. The first-order valence-corrected chi connectivity index (χ1v) is 7.23. The van der Waals surface area contributed by atoms with Gasteiger partial charge in [0.05, 0.1) is 10.6 Å². The van der Waals surface area contributed by atoms with Gasteiger partial charge in [0.25, 0.3) is 5.91 Å². The van der Waals surface area contributed by atoms with E-state index in [1.54, 1.807) is 18.2 Å². The Hall–Kier alpha value is -1.22. The Morgan fingerprint density at radius 3 is 2.68 bits per heavy atom. The standard InChI is InChI=1S/C15H21ClN2O/c1-10(2)8-9-18(11-6-7-11)15(19)14-12(16)4-3-5-13(14)17/h3-5,10-11H,6-9,17H2,1-2H3. The van der Waals surface area contributed by atoms with Gasteiger partial charge < -0.3 is 10.6 Å². The fraction of sp³-hybridized carbons (Fsp3) is 0.533. The van der Waals surface area contributed by atoms with E-state index < -0.39 is 0 Å². The Labute approximate surface area is 119 Å². The molecule has 0 saturated heterocycles. The largest absolute Gasteiger partial charge is 0.398 e. The second kappa shape index (κ2) is 5.83. The van der Waals surface area contributed by atoms with Gasteiger partial charge in [-0.2, -0.15) is 0 Å². The molecule has 2 N–H and O–H groups in total. The van der Waals surface area contributed by atoms with Gasteiger partial charge >= 0.3 is 0 Å². The molecular formula is C15H21ClN2O. The third-order valence-corrected chi connectivity index (χ3v) is 3.77. The molecule has 0 bridgehead atoms. The van der Waals surface area contributed by atoms with E-state index in [-0.39, 0.29) is 5.91 Å². The maximum absolute atomic E-state index is 12.6. The molecule has 0 unspecified atom stereocenters. The minimum absolute atomic E-state index is 0.0220. The van der Waals surface area contributed by atoms with Crippen molar-refractivity contribution >= 4 is 23.2 Å². The highest BCUT2D eigenvalue weighted by atomic mass is 35.5. The summed E-state index contributed by atoms with van der Waals surface area (Å²) in [5, 5.41) is 0.445. The Balaban J connectivity index is 2.19. The van der Waals surface area contributed by atoms with Gasteiger partial charge in [-0.1, -0.05) is 31.5 Å². The first kappa shape index (κ1) is 14.2. The van der Waals surface area contributed by atoms with Crippen LogP contribution in [-0.2, 0) is 0 Å². The maximum Gasteiger partial charge on any atom is 0.257 e. The first-order chi connectivity index (χ1) is 9.00. The third-order valence-electron chi connectivity index (χ3n) is 3.46. The number of nitrogens with two attached hydrogens (primary N) is 1. The molecule has 0 radical (unpaired) electrons. The van der Waals surface area contributed by atoms with Gasteiger partial charge in [0.2, 0.25) is 0 Å². The van der Waals surface area contributed by atoms with Crippen molar-refractivity contribution in [3.63, 3.8) is 0 Å². The lowest BCUT2D eigenvalue weighted by molar-refractivity contribution is 0.0736. The molecule has 104 valence electrons. The number of hydrogen-bond donors (Lipinski definition) is 1. The Morgan fingerprint density at radius 2 is 2.16 bits per heavy atom. The Kier molecular flexibility index (Phi) is 4.35. The van der Waals surface area contributed by atoms with Crippen LogP contribution >= 0.6 is 11.6 Å². The van der Waals surface area contributed by atoms with Crippen LogP contribution in [0.15, 0.2) is 18.2 Å². The lowest BCUT2D eigenvalue weighted by Crippen LogP contribution is -2.35. The van der Waals surface area contributed by atoms with Crippen molar-refractivity contribution in [2.45, 2.75) is 39.2 Å². The van der Waals surface area contributed by atoms with Crippen molar-refractivity contribution in [2.75, 3.05) is 12.3 Å². The number of amides is 1. The zero-order valence-electron chi connectivity index (χ0n) is 11.5. The molecule has 0 aliphatic heterocycles. The lowest BCUT2D eigenvalue weighted by atomic mass is 10.1. The van der Waals surface area contributed by atoms with Crippen LogP contribution in [0, 0.1) is 5.92 Å². The summed E-state index contributed by atoms with van der Waals surface area (Å²) < 4.78 is 0. The van der Waals surface area contributed by atoms with Crippen LogP contribution in [0.4, 0.5) is 5.69 Å². The normalized spacial score (nSPS) is 14.7. The second-order valence-electron chi connectivity index (χ2n) is 5.62. The molecule has 1 aliphatic carbocycles. The molecule has 1 fully saturated rings. The van der Waals surface area contributed by atoms with Gasteiger partial charge in [-0.3, -0.25) is 4.79 Å². The fourth-order valence-electron chi connectivity index (χ4n) is 2.14. The van der Waals surface area contributed by atoms with Crippen LogP contribution in [0.25, 0.3) is 0 Å². The number of hydrogen-bond acceptors (Lipinski definition) is 2. The fourth-order valence-corrected chi connectivity index (χ4v) is 2.41. The van der Waals surface area contributed by atoms with E-state index in [1.807, 2.05) is 4.90 Å². The van der Waals surface area contributed by atoms with Crippen molar-refractivity contribution in [1.82, 2.24) is 4.90 Å². The molecular weight excluding hydrogens is 260 g/mol. The van der Waals surface area contributed by atoms with Crippen LogP contribution in [0.1, 0.15) is 43.5 Å². The zero-order valence-corrected chi connectivity index (χ0v) is 12.3. The Morgan fingerprint density at radius 1 is 1.47 bits per heavy atom. The molecule has 2 rings (SSSR count). The predicted octanol–water partition coefficient (Wildman–Crippen LogP) is 3.57. The third kappa shape index (κ3) is 3.41. The highest BCUT2D eigenvalue weighted by Gasteiger charge is 2.34. The van der Waals surface area contributed by atoms with E-state index in [1.165, 1.54) is 0 Å². The van der Waals surface area contributed by atoms with Gasteiger partial charge in [-0.05, 0) is 37.3 Å². The maximum atomic E-state index is 12.6. The van der Waals surface area contributed by atoms with Gasteiger partial charge in [-0.15, -0.1) is 0 Å². The average molecular weight is 281 g/mol. The summed E-state index contributed by atoms with van der Waals surface area (Å²) in [5.41, 5.74) is 6.83. The summed E-state index contributed by atoms with van der Waals surface area (Å²) >= 11 is 6.13. The molecule has 0 atom stereocenters. The van der Waals surface area contributed by atoms with Gasteiger partial charge in [0.1, 0.15) is 0 Å². The van der Waals surface area contributed by atoms with Crippen molar-refractivity contribution in [2.24, 2.45) is 5.92 Å². The van der Waals surface area contributed by atoms with Crippen LogP contribution < -0.4 is 5.73 Å². The summed E-state index contributed by atoms with van der Waals surface area (Å²) in [4.78, 5) is 14.6. The van der Waals surface area contributed by atoms with E-state index in [0.29, 0.717) is 28.2 Å². The van der Waals surface area contributed by atoms with E-state index in [2.05, 4.69) is 13.8 Å². The molecule has 1 aliphatic rings. The number of benzene rings is 1. The molecule has 0 heterocycles. The van der Waals surface area contributed by atoms with Crippen LogP contribution in [-0.4, -0.2) is 23.4 Å². The molecule has 1 aromatic carbocycles. The van der Waals surface area contributed by atoms with Crippen molar-refractivity contribution in [3.8, 4) is 0 Å². The number of carbonyl (C=O) groups is 1. The van der Waals surface area contributed by atoms with Crippen molar-refractivity contribution in [1.29, 1.82) is 0 Å².